The van der Waals surface area contributed by atoms with Gasteiger partial charge in [-0.25, -0.2) is 9.37 Å². The van der Waals surface area contributed by atoms with Crippen LogP contribution in [0.25, 0.3) is 0 Å². The number of rotatable bonds is 6. The van der Waals surface area contributed by atoms with Gasteiger partial charge in [-0.05, 0) is 37.5 Å². The van der Waals surface area contributed by atoms with Gasteiger partial charge in [-0.1, -0.05) is 19.1 Å². The van der Waals surface area contributed by atoms with Gasteiger partial charge in [-0.3, -0.25) is 0 Å². The fourth-order valence-electron chi connectivity index (χ4n) is 2.07. The summed E-state index contributed by atoms with van der Waals surface area (Å²) in [6, 6.07) is 6.64. The fraction of sp³-hybridized carbons (Fsp3) is 0.400. The van der Waals surface area contributed by atoms with Gasteiger partial charge in [0.1, 0.15) is 5.82 Å². The Morgan fingerprint density at radius 1 is 1.26 bits per heavy atom. The number of hydrogen-bond donors (Lipinski definition) is 1. The van der Waals surface area contributed by atoms with E-state index in [1.165, 1.54) is 12.1 Å². The van der Waals surface area contributed by atoms with Crippen LogP contribution in [0.2, 0.25) is 0 Å². The zero-order valence-electron chi connectivity index (χ0n) is 11.5. The van der Waals surface area contributed by atoms with Crippen LogP contribution in [0.3, 0.4) is 0 Å². The maximum absolute atomic E-state index is 12.8. The Kier molecular flexibility index (Phi) is 4.55. The lowest BCUT2D eigenvalue weighted by Gasteiger charge is -2.08. The molecule has 0 aliphatic heterocycles. The quantitative estimate of drug-likeness (QED) is 0.863. The second-order valence-corrected chi connectivity index (χ2v) is 4.70. The third-order valence-electron chi connectivity index (χ3n) is 2.97. The largest absolute Gasteiger partial charge is 0.355 e. The van der Waals surface area contributed by atoms with E-state index in [0.29, 0.717) is 0 Å². The second kappa shape index (κ2) is 6.36. The van der Waals surface area contributed by atoms with Crippen molar-refractivity contribution < 1.29 is 4.39 Å². The number of anilines is 1. The van der Waals surface area contributed by atoms with Gasteiger partial charge in [0.05, 0.1) is 5.69 Å². The minimum atomic E-state index is -0.189. The first-order chi connectivity index (χ1) is 9.19. The molecule has 0 aliphatic rings. The van der Waals surface area contributed by atoms with Crippen molar-refractivity contribution in [3.8, 4) is 0 Å². The van der Waals surface area contributed by atoms with Gasteiger partial charge in [-0.2, -0.15) is 0 Å². The molecule has 3 nitrogen and oxygen atoms in total. The molecule has 0 bridgehead atoms. The number of benzene rings is 1. The van der Waals surface area contributed by atoms with E-state index in [2.05, 4.69) is 28.0 Å². The lowest BCUT2D eigenvalue weighted by Crippen LogP contribution is -2.10. The minimum Gasteiger partial charge on any atom is -0.355 e. The smallest absolute Gasteiger partial charge is 0.203 e. The number of aryl methyl sites for hydroxylation is 2. The third-order valence-corrected chi connectivity index (χ3v) is 2.97. The lowest BCUT2D eigenvalue weighted by molar-refractivity contribution is 0.627. The maximum Gasteiger partial charge on any atom is 0.203 e. The lowest BCUT2D eigenvalue weighted by atomic mass is 10.1. The first kappa shape index (κ1) is 13.6. The van der Waals surface area contributed by atoms with Crippen LogP contribution >= 0.6 is 0 Å². The predicted molar refractivity (Wildman–Crippen MR) is 75.8 cm³/mol. The fourth-order valence-corrected chi connectivity index (χ4v) is 2.07. The summed E-state index contributed by atoms with van der Waals surface area (Å²) < 4.78 is 14.9. The molecule has 4 heteroatoms. The molecule has 0 saturated carbocycles. The standard InChI is InChI=1S/C15H20FN3/c1-3-10-19-11-12(2)18-15(19)17-9-8-13-4-6-14(16)7-5-13/h4-7,11H,3,8-10H2,1-2H3,(H,17,18). The van der Waals surface area contributed by atoms with Crippen molar-refractivity contribution in [2.45, 2.75) is 33.2 Å². The van der Waals surface area contributed by atoms with Crippen molar-refractivity contribution >= 4 is 5.95 Å². The number of hydrogen-bond acceptors (Lipinski definition) is 2. The minimum absolute atomic E-state index is 0.189. The first-order valence-corrected chi connectivity index (χ1v) is 6.71. The molecule has 2 rings (SSSR count). The number of halogens is 1. The highest BCUT2D eigenvalue weighted by atomic mass is 19.1. The number of nitrogens with one attached hydrogen (secondary N) is 1. The van der Waals surface area contributed by atoms with Gasteiger partial charge in [0.25, 0.3) is 0 Å². The van der Waals surface area contributed by atoms with Gasteiger partial charge in [-0.15, -0.1) is 0 Å². The van der Waals surface area contributed by atoms with Crippen molar-refractivity contribution in [3.05, 3.63) is 47.5 Å². The number of imidazole rings is 1. The number of nitrogens with zero attached hydrogens (tertiary/aromatic N) is 2. The zero-order chi connectivity index (χ0) is 13.7. The Morgan fingerprint density at radius 3 is 2.68 bits per heavy atom. The predicted octanol–water partition coefficient (Wildman–Crippen LogP) is 3.40. The summed E-state index contributed by atoms with van der Waals surface area (Å²) in [7, 11) is 0. The summed E-state index contributed by atoms with van der Waals surface area (Å²) in [5, 5.41) is 3.34. The van der Waals surface area contributed by atoms with Crippen LogP contribution in [-0.2, 0) is 13.0 Å². The Bertz CT molecular complexity index is 517. The van der Waals surface area contributed by atoms with Gasteiger partial charge in [0.15, 0.2) is 0 Å². The van der Waals surface area contributed by atoms with Crippen LogP contribution in [0.1, 0.15) is 24.6 Å². The summed E-state index contributed by atoms with van der Waals surface area (Å²) in [6.07, 6.45) is 4.00. The van der Waals surface area contributed by atoms with Crippen molar-refractivity contribution in [1.82, 2.24) is 9.55 Å². The van der Waals surface area contributed by atoms with Crippen LogP contribution < -0.4 is 5.32 Å². The second-order valence-electron chi connectivity index (χ2n) is 4.70. The summed E-state index contributed by atoms with van der Waals surface area (Å²) in [6.45, 7) is 5.92. The molecule has 0 radical (unpaired) electrons. The maximum atomic E-state index is 12.8. The van der Waals surface area contributed by atoms with E-state index in [1.54, 1.807) is 0 Å². The van der Waals surface area contributed by atoms with Crippen molar-refractivity contribution in [3.63, 3.8) is 0 Å². The number of aromatic nitrogens is 2. The topological polar surface area (TPSA) is 29.9 Å². The molecular weight excluding hydrogens is 241 g/mol. The highest BCUT2D eigenvalue weighted by molar-refractivity contribution is 5.29. The monoisotopic (exact) mass is 261 g/mol. The molecule has 1 heterocycles. The Hall–Kier alpha value is -1.84. The Labute approximate surface area is 113 Å². The Morgan fingerprint density at radius 2 is 2.00 bits per heavy atom. The van der Waals surface area contributed by atoms with E-state index in [1.807, 2.05) is 19.1 Å². The molecule has 1 aromatic heterocycles. The molecule has 0 unspecified atom stereocenters. The highest BCUT2D eigenvalue weighted by Gasteiger charge is 2.04. The molecule has 19 heavy (non-hydrogen) atoms. The molecule has 0 amide bonds. The van der Waals surface area contributed by atoms with E-state index >= 15 is 0 Å². The van der Waals surface area contributed by atoms with Gasteiger partial charge in [0.2, 0.25) is 5.95 Å². The average molecular weight is 261 g/mol. The first-order valence-electron chi connectivity index (χ1n) is 6.71. The van der Waals surface area contributed by atoms with Gasteiger partial charge >= 0.3 is 0 Å². The summed E-state index contributed by atoms with van der Waals surface area (Å²) >= 11 is 0. The summed E-state index contributed by atoms with van der Waals surface area (Å²) in [5.74, 6) is 0.729. The van der Waals surface area contributed by atoms with Gasteiger partial charge in [0, 0.05) is 19.3 Å². The molecule has 1 aromatic carbocycles. The van der Waals surface area contributed by atoms with E-state index in [9.17, 15) is 4.39 Å². The highest BCUT2D eigenvalue weighted by Crippen LogP contribution is 2.10. The zero-order valence-corrected chi connectivity index (χ0v) is 11.5. The van der Waals surface area contributed by atoms with Crippen molar-refractivity contribution in [1.29, 1.82) is 0 Å². The van der Waals surface area contributed by atoms with Gasteiger partial charge < -0.3 is 9.88 Å². The molecule has 0 atom stereocenters. The Balaban J connectivity index is 1.90. The van der Waals surface area contributed by atoms with Crippen LogP contribution in [0.15, 0.2) is 30.5 Å². The normalized spacial score (nSPS) is 10.7. The van der Waals surface area contributed by atoms with Crippen LogP contribution in [0.5, 0.6) is 0 Å². The van der Waals surface area contributed by atoms with E-state index in [-0.39, 0.29) is 5.82 Å². The molecule has 0 fully saturated rings. The van der Waals surface area contributed by atoms with E-state index in [0.717, 1.165) is 43.1 Å². The summed E-state index contributed by atoms with van der Waals surface area (Å²) in [5.41, 5.74) is 2.15. The van der Waals surface area contributed by atoms with E-state index in [4.69, 9.17) is 0 Å². The van der Waals surface area contributed by atoms with Crippen molar-refractivity contribution in [2.24, 2.45) is 0 Å². The van der Waals surface area contributed by atoms with E-state index < -0.39 is 0 Å². The molecule has 1 N–H and O–H groups in total. The van der Waals surface area contributed by atoms with Crippen LogP contribution in [0, 0.1) is 12.7 Å². The molecule has 102 valence electrons. The molecule has 0 aliphatic carbocycles. The molecule has 2 aromatic rings. The third kappa shape index (κ3) is 3.81. The summed E-state index contributed by atoms with van der Waals surface area (Å²) in [4.78, 5) is 4.47. The molecular formula is C15H20FN3. The van der Waals surface area contributed by atoms with Crippen molar-refractivity contribution in [2.75, 3.05) is 11.9 Å². The van der Waals surface area contributed by atoms with Crippen LogP contribution in [0.4, 0.5) is 10.3 Å². The van der Waals surface area contributed by atoms with Crippen LogP contribution in [-0.4, -0.2) is 16.1 Å². The molecule has 0 saturated heterocycles. The molecule has 0 spiro atoms. The SMILES string of the molecule is CCCn1cc(C)nc1NCCc1ccc(F)cc1. The average Bonchev–Trinajstić information content (AvgIpc) is 2.73.